The molecule has 30 heavy (non-hydrogen) atoms. The Morgan fingerprint density at radius 2 is 1.93 bits per heavy atom. The minimum Gasteiger partial charge on any atom is -0.495 e. The number of ether oxygens (including phenoxy) is 1. The molecule has 2 aliphatic heterocycles. The predicted molar refractivity (Wildman–Crippen MR) is 137 cm³/mol. The Balaban J connectivity index is 0.00000320. The van der Waals surface area contributed by atoms with Gasteiger partial charge in [-0.25, -0.2) is 0 Å². The Bertz CT molecular complexity index is 665. The number of guanidine groups is 1. The molecule has 0 aliphatic carbocycles. The number of methoxy groups -OCH3 is 1. The van der Waals surface area contributed by atoms with E-state index < -0.39 is 0 Å². The van der Waals surface area contributed by atoms with E-state index in [4.69, 9.17) is 4.74 Å². The summed E-state index contributed by atoms with van der Waals surface area (Å²) in [5.41, 5.74) is 1.17. The molecule has 8 heteroatoms. The lowest BCUT2D eigenvalue weighted by molar-refractivity contribution is 0.139. The van der Waals surface area contributed by atoms with Crippen molar-refractivity contribution in [3.05, 3.63) is 24.3 Å². The number of nitrogens with zero attached hydrogens (tertiary/aromatic N) is 4. The smallest absolute Gasteiger partial charge is 0.191 e. The largest absolute Gasteiger partial charge is 0.495 e. The van der Waals surface area contributed by atoms with E-state index in [9.17, 15) is 0 Å². The molecule has 2 unspecified atom stereocenters. The fraction of sp³-hybridized carbons (Fsp3) is 0.682. The molecule has 2 atom stereocenters. The minimum atomic E-state index is 0. The van der Waals surface area contributed by atoms with Gasteiger partial charge in [-0.3, -0.25) is 4.99 Å². The molecular formula is C22H39IN6O. The van der Waals surface area contributed by atoms with E-state index in [0.29, 0.717) is 12.0 Å². The summed E-state index contributed by atoms with van der Waals surface area (Å²) in [7, 11) is 5.79. The number of rotatable bonds is 7. The Hall–Kier alpha value is -1.26. The monoisotopic (exact) mass is 530 g/mol. The van der Waals surface area contributed by atoms with Gasteiger partial charge in [0.05, 0.1) is 12.8 Å². The van der Waals surface area contributed by atoms with Gasteiger partial charge >= 0.3 is 0 Å². The van der Waals surface area contributed by atoms with E-state index >= 15 is 0 Å². The van der Waals surface area contributed by atoms with Crippen molar-refractivity contribution in [3.8, 4) is 5.75 Å². The number of likely N-dealkylation sites (N-methyl/N-ethyl adjacent to an activating group) is 1. The number of anilines is 1. The quantitative estimate of drug-likeness (QED) is 0.320. The van der Waals surface area contributed by atoms with Gasteiger partial charge in [-0.15, -0.1) is 24.0 Å². The van der Waals surface area contributed by atoms with Crippen molar-refractivity contribution in [3.63, 3.8) is 0 Å². The Morgan fingerprint density at radius 1 is 1.20 bits per heavy atom. The highest BCUT2D eigenvalue weighted by Gasteiger charge is 2.25. The van der Waals surface area contributed by atoms with E-state index in [1.54, 1.807) is 7.11 Å². The fourth-order valence-corrected chi connectivity index (χ4v) is 4.18. The summed E-state index contributed by atoms with van der Waals surface area (Å²) in [6, 6.07) is 8.63. The van der Waals surface area contributed by atoms with Gasteiger partial charge in [-0.1, -0.05) is 19.1 Å². The summed E-state index contributed by atoms with van der Waals surface area (Å²) in [5, 5.41) is 7.13. The minimum absolute atomic E-state index is 0. The van der Waals surface area contributed by atoms with Crippen LogP contribution in [0.5, 0.6) is 5.75 Å². The third kappa shape index (κ3) is 7.16. The predicted octanol–water partition coefficient (Wildman–Crippen LogP) is 1.94. The Labute approximate surface area is 199 Å². The molecule has 2 saturated heterocycles. The number of para-hydroxylation sites is 2. The molecule has 1 aromatic carbocycles. The van der Waals surface area contributed by atoms with Crippen LogP contribution < -0.4 is 20.3 Å². The number of aliphatic imine (C=N–C) groups is 1. The van der Waals surface area contributed by atoms with Gasteiger partial charge in [0.2, 0.25) is 0 Å². The summed E-state index contributed by atoms with van der Waals surface area (Å²) in [6.45, 7) is 11.1. The van der Waals surface area contributed by atoms with E-state index in [-0.39, 0.29) is 24.0 Å². The molecule has 2 fully saturated rings. The lowest BCUT2D eigenvalue weighted by atomic mass is 10.1. The molecular weight excluding hydrogens is 491 g/mol. The van der Waals surface area contributed by atoms with Crippen molar-refractivity contribution >= 4 is 35.6 Å². The second kappa shape index (κ2) is 12.6. The van der Waals surface area contributed by atoms with E-state index in [1.807, 2.05) is 19.2 Å². The van der Waals surface area contributed by atoms with Crippen LogP contribution in [0.1, 0.15) is 13.3 Å². The lowest BCUT2D eigenvalue weighted by Crippen LogP contribution is -2.49. The van der Waals surface area contributed by atoms with Crippen LogP contribution in [-0.2, 0) is 0 Å². The molecule has 0 spiro atoms. The van der Waals surface area contributed by atoms with Gasteiger partial charge in [-0.05, 0) is 31.5 Å². The first-order valence-corrected chi connectivity index (χ1v) is 10.8. The molecule has 0 aromatic heterocycles. The first kappa shape index (κ1) is 25.0. The Kier molecular flexibility index (Phi) is 10.5. The van der Waals surface area contributed by atoms with Crippen molar-refractivity contribution in [1.29, 1.82) is 0 Å². The van der Waals surface area contributed by atoms with Gasteiger partial charge in [0.25, 0.3) is 0 Å². The standard InChI is InChI=1S/C22H38N6O.HI/c1-18(16-27-13-11-26(3)12-14-27)15-24-22(23-2)25-19-9-10-28(17-19)20-7-5-6-8-21(20)29-4;/h5-8,18-19H,9-17H2,1-4H3,(H2,23,24,25);1H. The molecule has 1 aromatic rings. The van der Waals surface area contributed by atoms with Crippen LogP contribution in [0.3, 0.4) is 0 Å². The third-order valence-electron chi connectivity index (χ3n) is 5.96. The van der Waals surface area contributed by atoms with E-state index in [1.165, 1.54) is 31.9 Å². The summed E-state index contributed by atoms with van der Waals surface area (Å²) in [5.74, 6) is 2.43. The first-order chi connectivity index (χ1) is 14.1. The van der Waals surface area contributed by atoms with E-state index in [0.717, 1.165) is 44.3 Å². The van der Waals surface area contributed by atoms with Gasteiger partial charge < -0.3 is 30.1 Å². The zero-order valence-electron chi connectivity index (χ0n) is 18.9. The normalized spacial score (nSPS) is 21.8. The van der Waals surface area contributed by atoms with Crippen LogP contribution in [0.4, 0.5) is 5.69 Å². The number of halogens is 1. The molecule has 2 N–H and O–H groups in total. The lowest BCUT2D eigenvalue weighted by Gasteiger charge is -2.34. The van der Waals surface area contributed by atoms with Crippen LogP contribution in [0.25, 0.3) is 0 Å². The van der Waals surface area contributed by atoms with Crippen molar-refractivity contribution in [1.82, 2.24) is 20.4 Å². The number of hydrogen-bond acceptors (Lipinski definition) is 5. The van der Waals surface area contributed by atoms with Gasteiger partial charge in [0.1, 0.15) is 5.75 Å². The second-order valence-electron chi connectivity index (χ2n) is 8.41. The van der Waals surface area contributed by atoms with Crippen molar-refractivity contribution < 1.29 is 4.74 Å². The first-order valence-electron chi connectivity index (χ1n) is 10.8. The summed E-state index contributed by atoms with van der Waals surface area (Å²) < 4.78 is 5.52. The average Bonchev–Trinajstić information content (AvgIpc) is 3.21. The maximum absolute atomic E-state index is 5.52. The molecule has 0 saturated carbocycles. The van der Waals surface area contributed by atoms with Crippen molar-refractivity contribution in [2.24, 2.45) is 10.9 Å². The molecule has 0 radical (unpaired) electrons. The van der Waals surface area contributed by atoms with Crippen LogP contribution in [-0.4, -0.2) is 95.4 Å². The summed E-state index contributed by atoms with van der Waals surface area (Å²) in [4.78, 5) is 11.8. The van der Waals surface area contributed by atoms with Gasteiger partial charge in [-0.2, -0.15) is 0 Å². The molecule has 7 nitrogen and oxygen atoms in total. The van der Waals surface area contributed by atoms with Crippen LogP contribution >= 0.6 is 24.0 Å². The summed E-state index contributed by atoms with van der Waals surface area (Å²) in [6.07, 6.45) is 1.09. The van der Waals surface area contributed by atoms with Crippen LogP contribution in [0.15, 0.2) is 29.3 Å². The highest BCUT2D eigenvalue weighted by Crippen LogP contribution is 2.30. The van der Waals surface area contributed by atoms with E-state index in [2.05, 4.69) is 56.4 Å². The average molecular weight is 530 g/mol. The molecule has 2 aliphatic rings. The molecule has 3 rings (SSSR count). The Morgan fingerprint density at radius 3 is 2.63 bits per heavy atom. The fourth-order valence-electron chi connectivity index (χ4n) is 4.18. The molecule has 170 valence electrons. The number of piperazine rings is 1. The molecule has 0 amide bonds. The van der Waals surface area contributed by atoms with Crippen LogP contribution in [0.2, 0.25) is 0 Å². The third-order valence-corrected chi connectivity index (χ3v) is 5.96. The van der Waals surface area contributed by atoms with Gasteiger partial charge in [0.15, 0.2) is 5.96 Å². The molecule has 0 bridgehead atoms. The number of benzene rings is 1. The zero-order chi connectivity index (χ0) is 20.6. The summed E-state index contributed by atoms with van der Waals surface area (Å²) >= 11 is 0. The van der Waals surface area contributed by atoms with Crippen molar-refractivity contribution in [2.75, 3.05) is 78.5 Å². The van der Waals surface area contributed by atoms with Crippen LogP contribution in [0, 0.1) is 5.92 Å². The highest BCUT2D eigenvalue weighted by molar-refractivity contribution is 14.0. The number of hydrogen-bond donors (Lipinski definition) is 2. The zero-order valence-corrected chi connectivity index (χ0v) is 21.3. The highest BCUT2D eigenvalue weighted by atomic mass is 127. The second-order valence-corrected chi connectivity index (χ2v) is 8.41. The maximum Gasteiger partial charge on any atom is 0.191 e. The topological polar surface area (TPSA) is 55.4 Å². The van der Waals surface area contributed by atoms with Gasteiger partial charge in [0, 0.05) is 65.4 Å². The maximum atomic E-state index is 5.52. The SMILES string of the molecule is CN=C(NCC(C)CN1CCN(C)CC1)NC1CCN(c2ccccc2OC)C1.I. The number of nitrogens with one attached hydrogen (secondary N) is 2. The molecule has 2 heterocycles. The van der Waals surface area contributed by atoms with Crippen molar-refractivity contribution in [2.45, 2.75) is 19.4 Å².